The summed E-state index contributed by atoms with van der Waals surface area (Å²) in [7, 11) is -0.410. The zero-order chi connectivity index (χ0) is 9.80. The average Bonchev–Trinajstić information content (AvgIpc) is 2.87. The molecule has 0 unspecified atom stereocenters. The van der Waals surface area contributed by atoms with Gasteiger partial charge in [0.2, 0.25) is 0 Å². The lowest BCUT2D eigenvalue weighted by molar-refractivity contribution is 0.592. The van der Waals surface area contributed by atoms with Crippen LogP contribution in [-0.2, 0) is 0 Å². The third-order valence-electron chi connectivity index (χ3n) is 1.99. The lowest BCUT2D eigenvalue weighted by Crippen LogP contribution is -2.10. The Labute approximate surface area is 84.7 Å². The molecular formula is C11H13O2P. The number of rotatable bonds is 4. The van der Waals surface area contributed by atoms with Crippen LogP contribution >= 0.6 is 7.92 Å². The standard InChI is InChI=1S/C11H13O2P/c1-2-9-14(10-5-3-7-12-10)11-6-4-8-13-11/h3-8H,2,9H2,1H3. The van der Waals surface area contributed by atoms with E-state index >= 15 is 0 Å². The highest BCUT2D eigenvalue weighted by Gasteiger charge is 2.17. The maximum absolute atomic E-state index is 5.44. The molecule has 0 aliphatic carbocycles. The van der Waals surface area contributed by atoms with E-state index in [0.717, 1.165) is 23.6 Å². The van der Waals surface area contributed by atoms with Crippen LogP contribution in [0.4, 0.5) is 0 Å². The van der Waals surface area contributed by atoms with Crippen LogP contribution in [-0.4, -0.2) is 6.16 Å². The van der Waals surface area contributed by atoms with Crippen molar-refractivity contribution in [1.82, 2.24) is 0 Å². The lowest BCUT2D eigenvalue weighted by Gasteiger charge is -2.10. The van der Waals surface area contributed by atoms with E-state index in [0.29, 0.717) is 0 Å². The van der Waals surface area contributed by atoms with Gasteiger partial charge in [0.25, 0.3) is 0 Å². The van der Waals surface area contributed by atoms with Crippen LogP contribution in [0.1, 0.15) is 13.3 Å². The fourth-order valence-corrected chi connectivity index (χ4v) is 3.41. The summed E-state index contributed by atoms with van der Waals surface area (Å²) in [5, 5.41) is 0. The molecule has 2 rings (SSSR count). The molecule has 0 aliphatic heterocycles. The van der Waals surface area contributed by atoms with Gasteiger partial charge in [-0.2, -0.15) is 0 Å². The number of hydrogen-bond acceptors (Lipinski definition) is 2. The molecule has 0 radical (unpaired) electrons. The Morgan fingerprint density at radius 2 is 1.64 bits per heavy atom. The van der Waals surface area contributed by atoms with E-state index in [1.165, 1.54) is 0 Å². The minimum atomic E-state index is -0.410. The third-order valence-corrected chi connectivity index (χ3v) is 4.46. The molecule has 2 heterocycles. The second kappa shape index (κ2) is 4.47. The molecule has 14 heavy (non-hydrogen) atoms. The Bertz CT molecular complexity index is 316. The summed E-state index contributed by atoms with van der Waals surface area (Å²) in [4.78, 5) is 0. The molecule has 0 atom stereocenters. The number of furan rings is 2. The van der Waals surface area contributed by atoms with E-state index < -0.39 is 7.92 Å². The van der Waals surface area contributed by atoms with Crippen molar-refractivity contribution in [1.29, 1.82) is 0 Å². The smallest absolute Gasteiger partial charge is 0.133 e. The molecule has 2 aromatic heterocycles. The van der Waals surface area contributed by atoms with Crippen molar-refractivity contribution in [2.24, 2.45) is 0 Å². The van der Waals surface area contributed by atoms with E-state index in [1.54, 1.807) is 12.5 Å². The van der Waals surface area contributed by atoms with Crippen molar-refractivity contribution in [2.75, 3.05) is 6.16 Å². The van der Waals surface area contributed by atoms with Crippen LogP contribution in [0.2, 0.25) is 0 Å². The molecule has 0 amide bonds. The molecule has 2 aromatic rings. The second-order valence-electron chi connectivity index (χ2n) is 3.05. The Balaban J connectivity index is 2.25. The molecule has 0 aromatic carbocycles. The van der Waals surface area contributed by atoms with Crippen LogP contribution in [0.25, 0.3) is 0 Å². The number of hydrogen-bond donors (Lipinski definition) is 0. The van der Waals surface area contributed by atoms with E-state index in [9.17, 15) is 0 Å². The summed E-state index contributed by atoms with van der Waals surface area (Å²) in [5.74, 6) is 0. The normalized spacial score (nSPS) is 11.0. The fourth-order valence-electron chi connectivity index (χ4n) is 1.40. The summed E-state index contributed by atoms with van der Waals surface area (Å²) in [6, 6.07) is 7.93. The zero-order valence-electron chi connectivity index (χ0n) is 8.14. The van der Waals surface area contributed by atoms with Gasteiger partial charge in [-0.05, 0) is 30.4 Å². The van der Waals surface area contributed by atoms with Crippen LogP contribution in [0.5, 0.6) is 0 Å². The minimum Gasteiger partial charge on any atom is -0.464 e. The average molecular weight is 208 g/mol. The summed E-state index contributed by atoms with van der Waals surface area (Å²) >= 11 is 0. The van der Waals surface area contributed by atoms with Crippen LogP contribution < -0.4 is 11.0 Å². The molecule has 0 aliphatic rings. The predicted molar refractivity (Wildman–Crippen MR) is 58.8 cm³/mol. The van der Waals surface area contributed by atoms with Crippen LogP contribution in [0, 0.1) is 0 Å². The highest BCUT2D eigenvalue weighted by Crippen LogP contribution is 2.34. The van der Waals surface area contributed by atoms with Crippen molar-refractivity contribution in [2.45, 2.75) is 13.3 Å². The topological polar surface area (TPSA) is 26.3 Å². The minimum absolute atomic E-state index is 0.410. The van der Waals surface area contributed by atoms with E-state index in [-0.39, 0.29) is 0 Å². The fraction of sp³-hybridized carbons (Fsp3) is 0.273. The zero-order valence-corrected chi connectivity index (χ0v) is 9.04. The lowest BCUT2D eigenvalue weighted by atomic mass is 10.6. The molecule has 0 spiro atoms. The summed E-state index contributed by atoms with van der Waals surface area (Å²) in [6.45, 7) is 2.18. The summed E-state index contributed by atoms with van der Waals surface area (Å²) < 4.78 is 10.9. The van der Waals surface area contributed by atoms with Gasteiger partial charge in [-0.15, -0.1) is 0 Å². The van der Waals surface area contributed by atoms with Gasteiger partial charge in [-0.1, -0.05) is 13.3 Å². The second-order valence-corrected chi connectivity index (χ2v) is 5.24. The summed E-state index contributed by atoms with van der Waals surface area (Å²) in [6.07, 6.45) is 5.72. The first-order valence-electron chi connectivity index (χ1n) is 4.76. The van der Waals surface area contributed by atoms with Crippen molar-refractivity contribution >= 4 is 18.9 Å². The van der Waals surface area contributed by atoms with E-state index in [2.05, 4.69) is 6.92 Å². The Morgan fingerprint density at radius 1 is 1.07 bits per heavy atom. The molecule has 0 saturated carbocycles. The van der Waals surface area contributed by atoms with Gasteiger partial charge in [-0.25, -0.2) is 0 Å². The highest BCUT2D eigenvalue weighted by atomic mass is 31.1. The highest BCUT2D eigenvalue weighted by molar-refractivity contribution is 7.72. The van der Waals surface area contributed by atoms with Crippen LogP contribution in [0.15, 0.2) is 45.6 Å². The molecular weight excluding hydrogens is 195 g/mol. The SMILES string of the molecule is CCCP(c1ccco1)c1ccco1. The van der Waals surface area contributed by atoms with Crippen molar-refractivity contribution in [3.8, 4) is 0 Å². The Morgan fingerprint density at radius 3 is 2.00 bits per heavy atom. The van der Waals surface area contributed by atoms with E-state index in [1.807, 2.05) is 24.3 Å². The maximum Gasteiger partial charge on any atom is 0.133 e. The Hall–Kier alpha value is -1.01. The predicted octanol–water partition coefficient (Wildman–Crippen LogP) is 2.72. The largest absolute Gasteiger partial charge is 0.464 e. The summed E-state index contributed by atoms with van der Waals surface area (Å²) in [5.41, 5.74) is 2.11. The monoisotopic (exact) mass is 208 g/mol. The molecule has 3 heteroatoms. The first-order chi connectivity index (χ1) is 6.92. The van der Waals surface area contributed by atoms with Gasteiger partial charge in [-0.3, -0.25) is 0 Å². The van der Waals surface area contributed by atoms with Crippen molar-refractivity contribution < 1.29 is 8.83 Å². The first-order valence-corrected chi connectivity index (χ1v) is 6.29. The molecule has 0 fully saturated rings. The molecule has 0 N–H and O–H groups in total. The molecule has 2 nitrogen and oxygen atoms in total. The Kier molecular flexibility index (Phi) is 3.05. The van der Waals surface area contributed by atoms with Gasteiger partial charge < -0.3 is 8.83 Å². The van der Waals surface area contributed by atoms with Crippen molar-refractivity contribution in [3.63, 3.8) is 0 Å². The maximum atomic E-state index is 5.44. The van der Waals surface area contributed by atoms with Gasteiger partial charge in [0.15, 0.2) is 0 Å². The molecule has 0 saturated heterocycles. The van der Waals surface area contributed by atoms with Gasteiger partial charge in [0.05, 0.1) is 12.5 Å². The van der Waals surface area contributed by atoms with Gasteiger partial charge in [0.1, 0.15) is 11.0 Å². The van der Waals surface area contributed by atoms with Gasteiger partial charge >= 0.3 is 0 Å². The van der Waals surface area contributed by atoms with Crippen molar-refractivity contribution in [3.05, 3.63) is 36.8 Å². The van der Waals surface area contributed by atoms with Gasteiger partial charge in [0, 0.05) is 7.92 Å². The molecule has 0 bridgehead atoms. The quantitative estimate of drug-likeness (QED) is 0.722. The first kappa shape index (κ1) is 9.54. The van der Waals surface area contributed by atoms with E-state index in [4.69, 9.17) is 8.83 Å². The molecule has 74 valence electrons. The van der Waals surface area contributed by atoms with Crippen LogP contribution in [0.3, 0.4) is 0 Å². The third kappa shape index (κ3) is 1.91.